The van der Waals surface area contributed by atoms with E-state index in [1.54, 1.807) is 22.8 Å². The monoisotopic (exact) mass is 334 g/mol. The fraction of sp³-hybridized carbons (Fsp3) is 0.625. The maximum atomic E-state index is 12.7. The summed E-state index contributed by atoms with van der Waals surface area (Å²) in [5.74, 6) is 0.411. The zero-order valence-electron chi connectivity index (χ0n) is 14.9. The van der Waals surface area contributed by atoms with E-state index in [2.05, 4.69) is 20.2 Å². The van der Waals surface area contributed by atoms with Crippen molar-refractivity contribution in [3.05, 3.63) is 17.5 Å². The SMILES string of the molecule is CC(=O)N1CCN(C(=O)c2cc(C)nc(NCCN(C)C)n2)CC1. The number of carbonyl (C=O) groups is 2. The van der Waals surface area contributed by atoms with Crippen LogP contribution < -0.4 is 5.32 Å². The first-order valence-electron chi connectivity index (χ1n) is 8.16. The molecule has 8 nitrogen and oxygen atoms in total. The normalized spacial score (nSPS) is 14.9. The fourth-order valence-electron chi connectivity index (χ4n) is 2.53. The van der Waals surface area contributed by atoms with E-state index < -0.39 is 0 Å². The standard InChI is InChI=1S/C16H26N6O2/c1-12-11-14(19-16(18-12)17-5-6-20(3)4)15(24)22-9-7-21(8-10-22)13(2)23/h11H,5-10H2,1-4H3,(H,17,18,19). The zero-order valence-corrected chi connectivity index (χ0v) is 14.9. The van der Waals surface area contributed by atoms with Gasteiger partial charge in [-0.1, -0.05) is 0 Å². The molecular formula is C16H26N6O2. The predicted octanol–water partition coefficient (Wildman–Crippen LogP) is 0.0628. The molecule has 0 atom stereocenters. The van der Waals surface area contributed by atoms with E-state index in [1.165, 1.54) is 0 Å². The lowest BCUT2D eigenvalue weighted by atomic mass is 10.2. The molecule has 1 N–H and O–H groups in total. The third-order valence-electron chi connectivity index (χ3n) is 3.93. The van der Waals surface area contributed by atoms with Gasteiger partial charge in [0.1, 0.15) is 5.69 Å². The highest BCUT2D eigenvalue weighted by Crippen LogP contribution is 2.10. The quantitative estimate of drug-likeness (QED) is 0.820. The van der Waals surface area contributed by atoms with Crippen LogP contribution in [0.2, 0.25) is 0 Å². The van der Waals surface area contributed by atoms with Gasteiger partial charge in [0.05, 0.1) is 0 Å². The summed E-state index contributed by atoms with van der Waals surface area (Å²) in [5, 5.41) is 3.15. The summed E-state index contributed by atoms with van der Waals surface area (Å²) in [6.07, 6.45) is 0. The van der Waals surface area contributed by atoms with E-state index in [4.69, 9.17) is 0 Å². The van der Waals surface area contributed by atoms with Crippen molar-refractivity contribution in [2.24, 2.45) is 0 Å². The van der Waals surface area contributed by atoms with Crippen LogP contribution >= 0.6 is 0 Å². The lowest BCUT2D eigenvalue weighted by molar-refractivity contribution is -0.130. The van der Waals surface area contributed by atoms with Gasteiger partial charge >= 0.3 is 0 Å². The topological polar surface area (TPSA) is 81.7 Å². The first-order valence-corrected chi connectivity index (χ1v) is 8.16. The predicted molar refractivity (Wildman–Crippen MR) is 92.0 cm³/mol. The van der Waals surface area contributed by atoms with Crippen molar-refractivity contribution in [2.75, 3.05) is 58.7 Å². The van der Waals surface area contributed by atoms with Gasteiger partial charge < -0.3 is 20.0 Å². The van der Waals surface area contributed by atoms with E-state index in [-0.39, 0.29) is 11.8 Å². The van der Waals surface area contributed by atoms with Crippen LogP contribution in [0.5, 0.6) is 0 Å². The molecule has 0 bridgehead atoms. The first-order chi connectivity index (χ1) is 11.4. The third-order valence-corrected chi connectivity index (χ3v) is 3.93. The summed E-state index contributed by atoms with van der Waals surface area (Å²) in [4.78, 5) is 38.3. The van der Waals surface area contributed by atoms with Crippen molar-refractivity contribution < 1.29 is 9.59 Å². The van der Waals surface area contributed by atoms with Crippen molar-refractivity contribution in [1.29, 1.82) is 0 Å². The summed E-state index contributed by atoms with van der Waals surface area (Å²) >= 11 is 0. The maximum absolute atomic E-state index is 12.7. The van der Waals surface area contributed by atoms with Crippen LogP contribution in [-0.2, 0) is 4.79 Å². The van der Waals surface area contributed by atoms with Crippen molar-refractivity contribution in [1.82, 2.24) is 24.7 Å². The van der Waals surface area contributed by atoms with E-state index >= 15 is 0 Å². The van der Waals surface area contributed by atoms with Crippen LogP contribution in [0.4, 0.5) is 5.95 Å². The molecule has 0 unspecified atom stereocenters. The maximum Gasteiger partial charge on any atom is 0.272 e. The number of anilines is 1. The second kappa shape index (κ2) is 8.05. The van der Waals surface area contributed by atoms with Gasteiger partial charge in [0, 0.05) is 51.9 Å². The van der Waals surface area contributed by atoms with E-state index in [1.807, 2.05) is 21.0 Å². The average Bonchev–Trinajstić information content (AvgIpc) is 2.53. The largest absolute Gasteiger partial charge is 0.353 e. The summed E-state index contributed by atoms with van der Waals surface area (Å²) in [6.45, 7) is 7.17. The van der Waals surface area contributed by atoms with Crippen LogP contribution in [-0.4, -0.2) is 89.8 Å². The first kappa shape index (κ1) is 18.1. The van der Waals surface area contributed by atoms with Crippen molar-refractivity contribution in [3.8, 4) is 0 Å². The number of likely N-dealkylation sites (N-methyl/N-ethyl adjacent to an activating group) is 1. The van der Waals surface area contributed by atoms with Crippen LogP contribution in [0.3, 0.4) is 0 Å². The Morgan fingerprint density at radius 3 is 2.38 bits per heavy atom. The van der Waals surface area contributed by atoms with Gasteiger partial charge in [-0.3, -0.25) is 9.59 Å². The van der Waals surface area contributed by atoms with Gasteiger partial charge in [-0.15, -0.1) is 0 Å². The number of nitrogens with one attached hydrogen (secondary N) is 1. The van der Waals surface area contributed by atoms with Crippen LogP contribution in [0.15, 0.2) is 6.07 Å². The molecule has 24 heavy (non-hydrogen) atoms. The van der Waals surface area contributed by atoms with Gasteiger partial charge in [0.2, 0.25) is 11.9 Å². The molecule has 1 fully saturated rings. The number of hydrogen-bond donors (Lipinski definition) is 1. The van der Waals surface area contributed by atoms with Crippen LogP contribution in [0.1, 0.15) is 23.1 Å². The number of carbonyl (C=O) groups excluding carboxylic acids is 2. The molecule has 8 heteroatoms. The number of rotatable bonds is 5. The number of hydrogen-bond acceptors (Lipinski definition) is 6. The molecule has 1 aromatic heterocycles. The smallest absolute Gasteiger partial charge is 0.272 e. The Hall–Kier alpha value is -2.22. The summed E-state index contributed by atoms with van der Waals surface area (Å²) in [5.41, 5.74) is 1.15. The van der Waals surface area contributed by atoms with E-state index in [0.717, 1.165) is 12.2 Å². The lowest BCUT2D eigenvalue weighted by Gasteiger charge is -2.34. The minimum atomic E-state index is -0.112. The van der Waals surface area contributed by atoms with Gasteiger partial charge in [0.25, 0.3) is 5.91 Å². The van der Waals surface area contributed by atoms with Crippen LogP contribution in [0, 0.1) is 6.92 Å². The molecule has 2 amide bonds. The molecule has 0 aromatic carbocycles. The molecular weight excluding hydrogens is 308 g/mol. The average molecular weight is 334 g/mol. The molecule has 1 aromatic rings. The van der Waals surface area contributed by atoms with E-state index in [9.17, 15) is 9.59 Å². The molecule has 2 rings (SSSR count). The molecule has 1 aliphatic rings. The summed E-state index contributed by atoms with van der Waals surface area (Å²) < 4.78 is 0. The van der Waals surface area contributed by atoms with Gasteiger partial charge in [0.15, 0.2) is 0 Å². The molecule has 0 radical (unpaired) electrons. The lowest BCUT2D eigenvalue weighted by Crippen LogP contribution is -2.50. The summed E-state index contributed by atoms with van der Waals surface area (Å²) in [6, 6.07) is 1.71. The highest BCUT2D eigenvalue weighted by molar-refractivity contribution is 5.92. The third kappa shape index (κ3) is 4.89. The highest BCUT2D eigenvalue weighted by Gasteiger charge is 2.24. The Balaban J connectivity index is 2.01. The van der Waals surface area contributed by atoms with Gasteiger partial charge in [-0.2, -0.15) is 0 Å². The van der Waals surface area contributed by atoms with Crippen LogP contribution in [0.25, 0.3) is 0 Å². The number of amides is 2. The molecule has 0 spiro atoms. The van der Waals surface area contributed by atoms with Crippen molar-refractivity contribution in [3.63, 3.8) is 0 Å². The van der Waals surface area contributed by atoms with E-state index in [0.29, 0.717) is 44.4 Å². The fourth-order valence-corrected chi connectivity index (χ4v) is 2.53. The zero-order chi connectivity index (χ0) is 17.7. The summed E-state index contributed by atoms with van der Waals surface area (Å²) in [7, 11) is 3.99. The molecule has 0 aliphatic carbocycles. The number of nitrogens with zero attached hydrogens (tertiary/aromatic N) is 5. The Kier molecular flexibility index (Phi) is 6.08. The Morgan fingerprint density at radius 2 is 1.79 bits per heavy atom. The Morgan fingerprint density at radius 1 is 1.17 bits per heavy atom. The van der Waals surface area contributed by atoms with Crippen molar-refractivity contribution in [2.45, 2.75) is 13.8 Å². The van der Waals surface area contributed by atoms with Gasteiger partial charge in [-0.05, 0) is 27.1 Å². The molecule has 132 valence electrons. The van der Waals surface area contributed by atoms with Crippen molar-refractivity contribution >= 4 is 17.8 Å². The number of aromatic nitrogens is 2. The molecule has 2 heterocycles. The second-order valence-electron chi connectivity index (χ2n) is 6.25. The highest BCUT2D eigenvalue weighted by atomic mass is 16.2. The minimum absolute atomic E-state index is 0.0485. The Labute approximate surface area is 142 Å². The second-order valence-corrected chi connectivity index (χ2v) is 6.25. The number of aryl methyl sites for hydroxylation is 1. The van der Waals surface area contributed by atoms with Gasteiger partial charge in [-0.25, -0.2) is 9.97 Å². The molecule has 1 saturated heterocycles. The molecule has 1 aliphatic heterocycles. The number of piperazine rings is 1. The minimum Gasteiger partial charge on any atom is -0.353 e. The molecule has 0 saturated carbocycles. The Bertz CT molecular complexity index is 596.